The van der Waals surface area contributed by atoms with Crippen molar-refractivity contribution in [1.82, 2.24) is 0 Å². The van der Waals surface area contributed by atoms with E-state index >= 15 is 0 Å². The van der Waals surface area contributed by atoms with Gasteiger partial charge in [-0.15, -0.1) is 0 Å². The average molecular weight is 553 g/mol. The van der Waals surface area contributed by atoms with Gasteiger partial charge in [-0.3, -0.25) is 9.59 Å². The predicted octanol–water partition coefficient (Wildman–Crippen LogP) is 5.64. The summed E-state index contributed by atoms with van der Waals surface area (Å²) in [5.74, 6) is 0.587. The van der Waals surface area contributed by atoms with E-state index in [1.165, 1.54) is 28.4 Å². The molecule has 2 atom stereocenters. The van der Waals surface area contributed by atoms with E-state index < -0.39 is 24.0 Å². The van der Waals surface area contributed by atoms with Gasteiger partial charge in [0.1, 0.15) is 22.8 Å². The highest BCUT2D eigenvalue weighted by Crippen LogP contribution is 2.50. The van der Waals surface area contributed by atoms with Gasteiger partial charge in [0.2, 0.25) is 5.75 Å². The number of carbonyl (C=O) groups is 3. The fourth-order valence-corrected chi connectivity index (χ4v) is 5.30. The van der Waals surface area contributed by atoms with Crippen LogP contribution < -0.4 is 23.7 Å². The van der Waals surface area contributed by atoms with Crippen LogP contribution in [0.2, 0.25) is 0 Å². The van der Waals surface area contributed by atoms with Crippen molar-refractivity contribution in [1.29, 1.82) is 0 Å². The Morgan fingerprint density at radius 1 is 0.850 bits per heavy atom. The molecule has 40 heavy (non-hydrogen) atoms. The number of esters is 2. The quantitative estimate of drug-likeness (QED) is 0.344. The fourth-order valence-electron chi connectivity index (χ4n) is 5.30. The van der Waals surface area contributed by atoms with E-state index in [4.69, 9.17) is 28.4 Å². The lowest BCUT2D eigenvalue weighted by molar-refractivity contribution is -0.135. The van der Waals surface area contributed by atoms with E-state index in [2.05, 4.69) is 0 Å². The molecule has 0 amide bonds. The summed E-state index contributed by atoms with van der Waals surface area (Å²) in [7, 11) is 6.04. The van der Waals surface area contributed by atoms with Gasteiger partial charge >= 0.3 is 11.9 Å². The van der Waals surface area contributed by atoms with Gasteiger partial charge in [-0.25, -0.2) is 4.79 Å². The third-order valence-corrected chi connectivity index (χ3v) is 7.25. The number of fused-ring (bicyclic) bond motifs is 2. The summed E-state index contributed by atoms with van der Waals surface area (Å²) < 4.78 is 34.0. The summed E-state index contributed by atoms with van der Waals surface area (Å²) in [5, 5.41) is 0. The summed E-state index contributed by atoms with van der Waals surface area (Å²) in [6.45, 7) is 1.81. The molecule has 0 aromatic heterocycles. The maximum atomic E-state index is 13.6. The van der Waals surface area contributed by atoms with Crippen LogP contribution in [0.5, 0.6) is 28.7 Å². The largest absolute Gasteiger partial charge is 0.495 e. The molecule has 0 aliphatic carbocycles. The Bertz CT molecular complexity index is 1290. The average Bonchev–Trinajstić information content (AvgIpc) is 2.94. The van der Waals surface area contributed by atoms with Gasteiger partial charge < -0.3 is 28.4 Å². The minimum atomic E-state index is -0.546. The Morgan fingerprint density at radius 2 is 1.52 bits per heavy atom. The van der Waals surface area contributed by atoms with E-state index in [0.717, 1.165) is 0 Å². The first-order valence-corrected chi connectivity index (χ1v) is 13.5. The number of hydrogen-bond acceptors (Lipinski definition) is 9. The van der Waals surface area contributed by atoms with Crippen molar-refractivity contribution in [2.75, 3.05) is 28.4 Å². The molecular weight excluding hydrogens is 516 g/mol. The van der Waals surface area contributed by atoms with Crippen LogP contribution in [0.4, 0.5) is 0 Å². The molecule has 2 heterocycles. The lowest BCUT2D eigenvalue weighted by Gasteiger charge is -2.29. The lowest BCUT2D eigenvalue weighted by Crippen LogP contribution is -2.24. The van der Waals surface area contributed by atoms with Crippen LogP contribution in [0.15, 0.2) is 24.3 Å². The molecule has 0 fully saturated rings. The maximum absolute atomic E-state index is 13.6. The van der Waals surface area contributed by atoms with Crippen molar-refractivity contribution in [3.8, 4) is 28.7 Å². The highest BCUT2D eigenvalue weighted by Gasteiger charge is 2.37. The lowest BCUT2D eigenvalue weighted by atomic mass is 9.83. The second-order valence-electron chi connectivity index (χ2n) is 9.92. The maximum Gasteiger partial charge on any atom is 0.342 e. The van der Waals surface area contributed by atoms with Crippen molar-refractivity contribution in [3.63, 3.8) is 0 Å². The molecule has 2 aliphatic rings. The molecule has 0 N–H and O–H groups in total. The first-order valence-electron chi connectivity index (χ1n) is 13.5. The number of allylic oxidation sites excluding steroid dienone is 1. The van der Waals surface area contributed by atoms with E-state index in [1.54, 1.807) is 24.3 Å². The number of ketones is 1. The number of Topliss-reactive ketones (excluding diaryl/α,β-unsaturated/α-hetero) is 1. The molecule has 2 unspecified atom stereocenters. The van der Waals surface area contributed by atoms with E-state index in [1.807, 2.05) is 13.0 Å². The summed E-state index contributed by atoms with van der Waals surface area (Å²) in [4.78, 5) is 38.6. The molecule has 2 aromatic rings. The Hall–Kier alpha value is -4.01. The summed E-state index contributed by atoms with van der Waals surface area (Å²) in [6.07, 6.45) is 6.87. The molecule has 0 spiro atoms. The van der Waals surface area contributed by atoms with Crippen LogP contribution in [-0.4, -0.2) is 52.3 Å². The fraction of sp³-hybridized carbons (Fsp3) is 0.452. The van der Waals surface area contributed by atoms with Crippen LogP contribution in [0.1, 0.15) is 84.8 Å². The molecule has 0 saturated carbocycles. The van der Waals surface area contributed by atoms with Crippen LogP contribution in [-0.2, 0) is 14.3 Å². The van der Waals surface area contributed by atoms with Crippen molar-refractivity contribution in [3.05, 3.63) is 46.5 Å². The molecule has 9 nitrogen and oxygen atoms in total. The van der Waals surface area contributed by atoms with Gasteiger partial charge in [0.05, 0.1) is 41.0 Å². The van der Waals surface area contributed by atoms with Gasteiger partial charge in [-0.1, -0.05) is 12.2 Å². The minimum absolute atomic E-state index is 0.0100. The first-order chi connectivity index (χ1) is 19.3. The van der Waals surface area contributed by atoms with Crippen molar-refractivity contribution in [2.24, 2.45) is 0 Å². The molecule has 0 radical (unpaired) electrons. The molecule has 214 valence electrons. The second kappa shape index (κ2) is 12.9. The van der Waals surface area contributed by atoms with Crippen molar-refractivity contribution >= 4 is 23.8 Å². The smallest absolute Gasteiger partial charge is 0.342 e. The zero-order chi connectivity index (χ0) is 28.8. The number of rotatable bonds is 5. The summed E-state index contributed by atoms with van der Waals surface area (Å²) >= 11 is 0. The number of methoxy groups -OCH3 is 4. The van der Waals surface area contributed by atoms with Gasteiger partial charge in [0.15, 0.2) is 11.5 Å². The van der Waals surface area contributed by atoms with Crippen LogP contribution in [0.3, 0.4) is 0 Å². The van der Waals surface area contributed by atoms with Crippen molar-refractivity contribution < 1.29 is 42.8 Å². The normalized spacial score (nSPS) is 19.9. The summed E-state index contributed by atoms with van der Waals surface area (Å²) in [6, 6.07) is 5.23. The van der Waals surface area contributed by atoms with Gasteiger partial charge in [0, 0.05) is 24.3 Å². The van der Waals surface area contributed by atoms with Gasteiger partial charge in [-0.05, 0) is 61.9 Å². The molecule has 0 saturated heterocycles. The Labute approximate surface area is 234 Å². The molecular formula is C31H36O9. The van der Waals surface area contributed by atoms with E-state index in [-0.39, 0.29) is 23.5 Å². The molecule has 4 rings (SSSR count). The number of carbonyl (C=O) groups excluding carboxylic acids is 3. The van der Waals surface area contributed by atoms with E-state index in [9.17, 15) is 14.4 Å². The van der Waals surface area contributed by atoms with Gasteiger partial charge in [-0.2, -0.15) is 0 Å². The standard InChI is InChI=1S/C31H36O9/c1-18-10-9-13-21(32)12-8-6-7-11-19-14-23-28(30(38-5)27(19)31(34)39-18)22(17-26(33)40-23)20-15-24(35-2)29(37-4)25(16-20)36-3/h7,11,14-16,18,22H,6,8-10,12-13,17H2,1-5H3. The number of benzene rings is 2. The van der Waals surface area contributed by atoms with Crippen LogP contribution >= 0.6 is 0 Å². The van der Waals surface area contributed by atoms with Crippen LogP contribution in [0, 0.1) is 0 Å². The Morgan fingerprint density at radius 3 is 2.17 bits per heavy atom. The SMILES string of the molecule is COc1cc(C2CC(=O)Oc3cc4c(c(OC)c32)C(=O)OC(C)CCCC(=O)CCCC=C4)cc(OC)c1OC. The number of ether oxygens (including phenoxy) is 6. The molecule has 9 heteroatoms. The molecule has 2 aliphatic heterocycles. The monoisotopic (exact) mass is 552 g/mol. The van der Waals surface area contributed by atoms with E-state index in [0.29, 0.717) is 78.2 Å². The molecule has 2 aromatic carbocycles. The highest BCUT2D eigenvalue weighted by molar-refractivity contribution is 5.99. The van der Waals surface area contributed by atoms with Gasteiger partial charge in [0.25, 0.3) is 0 Å². The highest BCUT2D eigenvalue weighted by atomic mass is 16.6. The second-order valence-corrected chi connectivity index (χ2v) is 9.92. The molecule has 0 bridgehead atoms. The zero-order valence-electron chi connectivity index (χ0n) is 23.7. The first kappa shape index (κ1) is 29.0. The topological polar surface area (TPSA) is 107 Å². The summed E-state index contributed by atoms with van der Waals surface area (Å²) in [5.41, 5.74) is 2.02. The zero-order valence-corrected chi connectivity index (χ0v) is 23.7. The van der Waals surface area contributed by atoms with Crippen molar-refractivity contribution in [2.45, 2.75) is 63.9 Å². The number of cyclic esters (lactones) is 1. The van der Waals surface area contributed by atoms with Crippen LogP contribution in [0.25, 0.3) is 6.08 Å². The Kier molecular flexibility index (Phi) is 9.34. The third kappa shape index (κ3) is 6.08. The Balaban J connectivity index is 1.90. The minimum Gasteiger partial charge on any atom is -0.495 e. The third-order valence-electron chi connectivity index (χ3n) is 7.25. The number of hydrogen-bond donors (Lipinski definition) is 0. The predicted molar refractivity (Wildman–Crippen MR) is 148 cm³/mol.